The van der Waals surface area contributed by atoms with Gasteiger partial charge in [-0.3, -0.25) is 9.78 Å². The van der Waals surface area contributed by atoms with E-state index in [2.05, 4.69) is 20.9 Å². The molecule has 13 heavy (non-hydrogen) atoms. The van der Waals surface area contributed by atoms with E-state index in [1.807, 2.05) is 0 Å². The molecule has 0 aromatic carbocycles. The van der Waals surface area contributed by atoms with E-state index in [1.165, 1.54) is 6.20 Å². The van der Waals surface area contributed by atoms with E-state index in [0.717, 1.165) is 4.47 Å². The molecule has 0 saturated carbocycles. The molecule has 0 spiro atoms. The van der Waals surface area contributed by atoms with Crippen LogP contribution in [0.15, 0.2) is 22.8 Å². The maximum absolute atomic E-state index is 11.4. The van der Waals surface area contributed by atoms with Crippen LogP contribution in [0.1, 0.15) is 23.8 Å². The van der Waals surface area contributed by atoms with Crippen LogP contribution in [0.5, 0.6) is 0 Å². The fourth-order valence-electron chi connectivity index (χ4n) is 0.878. The van der Waals surface area contributed by atoms with E-state index in [9.17, 15) is 9.90 Å². The third-order valence-corrected chi connectivity index (χ3v) is 2.14. The molecule has 1 aromatic heterocycles. The topological polar surface area (TPSA) is 50.2 Å². The molecule has 1 atom stereocenters. The molecule has 0 bridgehead atoms. The largest absolute Gasteiger partial charge is 0.385 e. The van der Waals surface area contributed by atoms with Gasteiger partial charge in [-0.1, -0.05) is 6.92 Å². The van der Waals surface area contributed by atoms with Gasteiger partial charge in [0.15, 0.2) is 0 Å². The minimum absolute atomic E-state index is 0.303. The molecule has 0 fully saturated rings. The lowest BCUT2D eigenvalue weighted by Gasteiger charge is -2.04. The van der Waals surface area contributed by atoms with Gasteiger partial charge in [0.1, 0.15) is 11.8 Å². The van der Waals surface area contributed by atoms with Crippen LogP contribution in [0.2, 0.25) is 0 Å². The minimum Gasteiger partial charge on any atom is -0.385 e. The van der Waals surface area contributed by atoms with Gasteiger partial charge in [-0.05, 0) is 34.5 Å². The quantitative estimate of drug-likeness (QED) is 0.824. The number of halogens is 1. The molecule has 0 amide bonds. The highest BCUT2D eigenvalue weighted by Gasteiger charge is 2.15. The van der Waals surface area contributed by atoms with Crippen LogP contribution < -0.4 is 0 Å². The van der Waals surface area contributed by atoms with E-state index in [-0.39, 0.29) is 5.78 Å². The van der Waals surface area contributed by atoms with Gasteiger partial charge in [0.2, 0.25) is 5.78 Å². The van der Waals surface area contributed by atoms with Crippen LogP contribution in [-0.4, -0.2) is 22.0 Å². The normalized spacial score (nSPS) is 12.5. The van der Waals surface area contributed by atoms with Crippen molar-refractivity contribution in [1.29, 1.82) is 0 Å². The lowest BCUT2D eigenvalue weighted by Crippen LogP contribution is -2.20. The number of hydrogen-bond donors (Lipinski definition) is 1. The van der Waals surface area contributed by atoms with E-state index in [0.29, 0.717) is 12.1 Å². The highest BCUT2D eigenvalue weighted by atomic mass is 79.9. The summed E-state index contributed by atoms with van der Waals surface area (Å²) in [6.45, 7) is 1.75. The SMILES string of the molecule is CCC(O)C(=O)c1ccc(Br)cn1. The van der Waals surface area contributed by atoms with Crippen LogP contribution in [0, 0.1) is 0 Å². The van der Waals surface area contributed by atoms with Crippen LogP contribution in [0.4, 0.5) is 0 Å². The molecule has 1 heterocycles. The van der Waals surface area contributed by atoms with Gasteiger partial charge in [-0.2, -0.15) is 0 Å². The average Bonchev–Trinajstić information content (AvgIpc) is 2.17. The molecule has 1 unspecified atom stereocenters. The number of hydrogen-bond acceptors (Lipinski definition) is 3. The Bertz CT molecular complexity index is 297. The predicted molar refractivity (Wildman–Crippen MR) is 52.6 cm³/mol. The van der Waals surface area contributed by atoms with E-state index < -0.39 is 6.10 Å². The predicted octanol–water partition coefficient (Wildman–Crippen LogP) is 1.80. The molecule has 1 aromatic rings. The van der Waals surface area contributed by atoms with Crippen LogP contribution in [0.3, 0.4) is 0 Å². The fourth-order valence-corrected chi connectivity index (χ4v) is 1.11. The van der Waals surface area contributed by atoms with Crippen molar-refractivity contribution in [3.05, 3.63) is 28.5 Å². The lowest BCUT2D eigenvalue weighted by molar-refractivity contribution is 0.0735. The summed E-state index contributed by atoms with van der Waals surface area (Å²) in [6.07, 6.45) is 1.01. The lowest BCUT2D eigenvalue weighted by atomic mass is 10.1. The van der Waals surface area contributed by atoms with E-state index >= 15 is 0 Å². The van der Waals surface area contributed by atoms with E-state index in [1.54, 1.807) is 19.1 Å². The molecular formula is C9H10BrNO2. The monoisotopic (exact) mass is 243 g/mol. The van der Waals surface area contributed by atoms with Crippen molar-refractivity contribution in [3.8, 4) is 0 Å². The van der Waals surface area contributed by atoms with Crippen LogP contribution in [-0.2, 0) is 0 Å². The third-order valence-electron chi connectivity index (χ3n) is 1.67. The van der Waals surface area contributed by atoms with Crippen molar-refractivity contribution in [2.75, 3.05) is 0 Å². The maximum atomic E-state index is 11.4. The molecule has 70 valence electrons. The van der Waals surface area contributed by atoms with Gasteiger partial charge in [0.25, 0.3) is 0 Å². The van der Waals surface area contributed by atoms with Crippen molar-refractivity contribution >= 4 is 21.7 Å². The molecule has 0 aliphatic rings. The number of aliphatic hydroxyl groups excluding tert-OH is 1. The molecule has 0 saturated heterocycles. The summed E-state index contributed by atoms with van der Waals surface area (Å²) in [6, 6.07) is 3.31. The van der Waals surface area contributed by atoms with Gasteiger partial charge in [-0.25, -0.2) is 0 Å². The molecule has 0 aliphatic carbocycles. The standard InChI is InChI=1S/C9H10BrNO2/c1-2-8(12)9(13)7-4-3-6(10)5-11-7/h3-5,8,12H,2H2,1H3. The third kappa shape index (κ3) is 2.60. The van der Waals surface area contributed by atoms with Gasteiger partial charge in [-0.15, -0.1) is 0 Å². The summed E-state index contributed by atoms with van der Waals surface area (Å²) in [7, 11) is 0. The number of carbonyl (C=O) groups excluding carboxylic acids is 1. The Balaban J connectivity index is 2.83. The van der Waals surface area contributed by atoms with Gasteiger partial charge in [0, 0.05) is 10.7 Å². The Morgan fingerprint density at radius 3 is 2.85 bits per heavy atom. The van der Waals surface area contributed by atoms with Gasteiger partial charge >= 0.3 is 0 Å². The molecule has 4 heteroatoms. The summed E-state index contributed by atoms with van der Waals surface area (Å²) in [5.41, 5.74) is 0.303. The zero-order valence-corrected chi connectivity index (χ0v) is 8.78. The summed E-state index contributed by atoms with van der Waals surface area (Å²) in [5, 5.41) is 9.25. The van der Waals surface area contributed by atoms with E-state index in [4.69, 9.17) is 0 Å². The van der Waals surface area contributed by atoms with Gasteiger partial charge in [0.05, 0.1) is 0 Å². The first-order valence-electron chi connectivity index (χ1n) is 3.99. The first-order valence-corrected chi connectivity index (χ1v) is 4.78. The van der Waals surface area contributed by atoms with Crippen LogP contribution >= 0.6 is 15.9 Å². The molecule has 1 N–H and O–H groups in total. The molecule has 3 nitrogen and oxygen atoms in total. The van der Waals surface area contributed by atoms with Crippen molar-refractivity contribution < 1.29 is 9.90 Å². The number of Topliss-reactive ketones (excluding diaryl/α,β-unsaturated/α-hetero) is 1. The first-order chi connectivity index (χ1) is 6.15. The van der Waals surface area contributed by atoms with Crippen molar-refractivity contribution in [2.45, 2.75) is 19.4 Å². The summed E-state index contributed by atoms with van der Waals surface area (Å²) in [4.78, 5) is 15.2. The minimum atomic E-state index is -0.936. The zero-order chi connectivity index (χ0) is 9.84. The molecule has 0 aliphatic heterocycles. The number of carbonyl (C=O) groups is 1. The maximum Gasteiger partial charge on any atom is 0.209 e. The highest BCUT2D eigenvalue weighted by molar-refractivity contribution is 9.10. The van der Waals surface area contributed by atoms with Crippen molar-refractivity contribution in [3.63, 3.8) is 0 Å². The molecule has 1 rings (SSSR count). The number of pyridine rings is 1. The second-order valence-electron chi connectivity index (χ2n) is 2.65. The zero-order valence-electron chi connectivity index (χ0n) is 7.20. The molecule has 0 radical (unpaired) electrons. The number of rotatable bonds is 3. The number of aliphatic hydroxyl groups is 1. The number of ketones is 1. The Morgan fingerprint density at radius 1 is 1.69 bits per heavy atom. The molecular weight excluding hydrogens is 234 g/mol. The second-order valence-corrected chi connectivity index (χ2v) is 3.57. The average molecular weight is 244 g/mol. The van der Waals surface area contributed by atoms with Gasteiger partial charge < -0.3 is 5.11 Å². The first kappa shape index (κ1) is 10.3. The van der Waals surface area contributed by atoms with Crippen molar-refractivity contribution in [1.82, 2.24) is 4.98 Å². The fraction of sp³-hybridized carbons (Fsp3) is 0.333. The Kier molecular flexibility index (Phi) is 3.57. The van der Waals surface area contributed by atoms with Crippen molar-refractivity contribution in [2.24, 2.45) is 0 Å². The Morgan fingerprint density at radius 2 is 2.38 bits per heavy atom. The highest BCUT2D eigenvalue weighted by Crippen LogP contribution is 2.09. The Labute approximate surface area is 84.9 Å². The summed E-state index contributed by atoms with van der Waals surface area (Å²) >= 11 is 3.21. The van der Waals surface area contributed by atoms with Crippen LogP contribution in [0.25, 0.3) is 0 Å². The second kappa shape index (κ2) is 4.48. The number of nitrogens with zero attached hydrogens (tertiary/aromatic N) is 1. The Hall–Kier alpha value is -0.740. The summed E-state index contributed by atoms with van der Waals surface area (Å²) in [5.74, 6) is -0.324. The summed E-state index contributed by atoms with van der Waals surface area (Å²) < 4.78 is 0.815. The smallest absolute Gasteiger partial charge is 0.209 e. The number of aromatic nitrogens is 1.